The fraction of sp³-hybridized carbons (Fsp3) is 0.609. The summed E-state index contributed by atoms with van der Waals surface area (Å²) in [5.41, 5.74) is 3.11. The number of likely N-dealkylation sites (tertiary alicyclic amines) is 2. The summed E-state index contributed by atoms with van der Waals surface area (Å²) in [6, 6.07) is 13.5. The van der Waals surface area contributed by atoms with Crippen LogP contribution in [-0.4, -0.2) is 146 Å². The third kappa shape index (κ3) is 11.6. The van der Waals surface area contributed by atoms with Gasteiger partial charge < -0.3 is 39.4 Å². The standard InChI is InChI=1S/C46H64N6O10/c1-29(2)39(49(5)45(57)61-37-17-23-59-24-18-37)43(55)51-21-15-33(27-51)41(53)47-35-11-7-31(8-12-35)32-9-13-36(14-10-32)48-42(54)34-16-22-52(28-34)44(56)40(30(3)4)50(6)46(58)62-38-19-25-60-26-20-38/h7-14,29-30,33-34,37-40H,15-28H2,1-6H3,(H,47,53)(H,48,54)/t33-,34+,39-,40+. The smallest absolute Gasteiger partial charge is 0.410 e. The predicted molar refractivity (Wildman–Crippen MR) is 232 cm³/mol. The zero-order valence-corrected chi connectivity index (χ0v) is 37.0. The third-order valence-electron chi connectivity index (χ3n) is 12.4. The molecule has 4 aliphatic heterocycles. The van der Waals surface area contributed by atoms with Crippen LogP contribution in [-0.2, 0) is 38.1 Å². The molecule has 338 valence electrons. The summed E-state index contributed by atoms with van der Waals surface area (Å²) in [6.45, 7) is 11.1. The summed E-state index contributed by atoms with van der Waals surface area (Å²) in [5.74, 6) is -1.82. The summed E-state index contributed by atoms with van der Waals surface area (Å²) in [6.07, 6.45) is 2.05. The molecule has 0 radical (unpaired) electrons. The monoisotopic (exact) mass is 860 g/mol. The van der Waals surface area contributed by atoms with Crippen molar-refractivity contribution in [2.45, 2.75) is 90.5 Å². The van der Waals surface area contributed by atoms with Gasteiger partial charge in [0.1, 0.15) is 24.3 Å². The Hall–Kier alpha value is -5.22. The summed E-state index contributed by atoms with van der Waals surface area (Å²) in [7, 11) is 3.19. The molecule has 0 spiro atoms. The van der Waals surface area contributed by atoms with Crippen molar-refractivity contribution >= 4 is 47.2 Å². The van der Waals surface area contributed by atoms with Gasteiger partial charge in [0.15, 0.2) is 0 Å². The van der Waals surface area contributed by atoms with Crippen LogP contribution in [0.5, 0.6) is 0 Å². The van der Waals surface area contributed by atoms with E-state index < -0.39 is 36.1 Å². The van der Waals surface area contributed by atoms with Crippen LogP contribution in [0.4, 0.5) is 21.0 Å². The van der Waals surface area contributed by atoms with Crippen LogP contribution in [0.3, 0.4) is 0 Å². The van der Waals surface area contributed by atoms with Crippen molar-refractivity contribution in [1.29, 1.82) is 0 Å². The fourth-order valence-corrected chi connectivity index (χ4v) is 8.77. The summed E-state index contributed by atoms with van der Waals surface area (Å²) in [4.78, 5) is 86.1. The molecular weight excluding hydrogens is 797 g/mol. The van der Waals surface area contributed by atoms with Gasteiger partial charge in [-0.2, -0.15) is 0 Å². The Bertz CT molecular complexity index is 1740. The molecule has 4 saturated heterocycles. The van der Waals surface area contributed by atoms with Crippen LogP contribution < -0.4 is 10.6 Å². The van der Waals surface area contributed by atoms with E-state index in [9.17, 15) is 28.8 Å². The number of carbonyl (C=O) groups excluding carboxylic acids is 6. The lowest BCUT2D eigenvalue weighted by atomic mass is 10.0. The molecule has 6 amide bonds. The Balaban J connectivity index is 0.955. The Kier molecular flexibility index (Phi) is 15.9. The SMILES string of the molecule is CC(C)[C@@H](C(=O)N1CC[C@H](C(=O)Nc2ccc(-c3ccc(NC(=O)[C@@H]4CCN(C(=O)[C@@H](C(C)C)N(C)C(=O)OC5CCOCC5)C4)cc3)cc2)C1)N(C)C(=O)OC1CCOCC1. The van der Waals surface area contributed by atoms with Gasteiger partial charge >= 0.3 is 12.2 Å². The molecule has 4 aliphatic rings. The average Bonchev–Trinajstić information content (AvgIpc) is 3.97. The van der Waals surface area contributed by atoms with Gasteiger partial charge in [0.25, 0.3) is 0 Å². The van der Waals surface area contributed by atoms with Crippen LogP contribution >= 0.6 is 0 Å². The number of benzene rings is 2. The maximum absolute atomic E-state index is 13.7. The summed E-state index contributed by atoms with van der Waals surface area (Å²) >= 11 is 0. The highest BCUT2D eigenvalue weighted by Crippen LogP contribution is 2.28. The highest BCUT2D eigenvalue weighted by atomic mass is 16.6. The first-order chi connectivity index (χ1) is 29.7. The fourth-order valence-electron chi connectivity index (χ4n) is 8.77. The number of ether oxygens (including phenoxy) is 4. The van der Waals surface area contributed by atoms with Crippen LogP contribution in [0.2, 0.25) is 0 Å². The first-order valence-corrected chi connectivity index (χ1v) is 22.1. The van der Waals surface area contributed by atoms with Crippen molar-refractivity contribution in [3.8, 4) is 11.1 Å². The molecule has 0 aromatic heterocycles. The maximum Gasteiger partial charge on any atom is 0.410 e. The van der Waals surface area contributed by atoms with Gasteiger partial charge in [-0.25, -0.2) is 9.59 Å². The normalized spacial score (nSPS) is 20.7. The Labute approximate surface area is 364 Å². The van der Waals surface area contributed by atoms with E-state index in [4.69, 9.17) is 18.9 Å². The minimum Gasteiger partial charge on any atom is -0.446 e. The largest absolute Gasteiger partial charge is 0.446 e. The minimum atomic E-state index is -0.712. The first-order valence-electron chi connectivity index (χ1n) is 22.1. The summed E-state index contributed by atoms with van der Waals surface area (Å²) < 4.78 is 22.1. The van der Waals surface area contributed by atoms with E-state index in [1.54, 1.807) is 23.9 Å². The van der Waals surface area contributed by atoms with Crippen LogP contribution in [0, 0.1) is 23.7 Å². The van der Waals surface area contributed by atoms with Crippen molar-refractivity contribution in [3.63, 3.8) is 0 Å². The molecule has 0 saturated carbocycles. The predicted octanol–water partition coefficient (Wildman–Crippen LogP) is 5.47. The van der Waals surface area contributed by atoms with Crippen molar-refractivity contribution < 1.29 is 47.7 Å². The van der Waals surface area contributed by atoms with Crippen molar-refractivity contribution in [3.05, 3.63) is 48.5 Å². The topological polar surface area (TPSA) is 176 Å². The molecule has 0 unspecified atom stereocenters. The number of nitrogens with one attached hydrogen (secondary N) is 2. The maximum atomic E-state index is 13.7. The molecular formula is C46H64N6O10. The molecule has 2 aromatic rings. The molecule has 16 nitrogen and oxygen atoms in total. The van der Waals surface area contributed by atoms with Crippen molar-refractivity contribution in [2.24, 2.45) is 23.7 Å². The number of rotatable bonds is 13. The second-order valence-corrected chi connectivity index (χ2v) is 17.7. The van der Waals surface area contributed by atoms with Crippen LogP contribution in [0.15, 0.2) is 48.5 Å². The number of nitrogens with zero attached hydrogens (tertiary/aromatic N) is 4. The Morgan fingerprint density at radius 2 is 0.903 bits per heavy atom. The second-order valence-electron chi connectivity index (χ2n) is 17.7. The molecule has 6 rings (SSSR count). The number of hydrogen-bond acceptors (Lipinski definition) is 10. The molecule has 4 heterocycles. The molecule has 4 atom stereocenters. The van der Waals surface area contributed by atoms with E-state index in [1.807, 2.05) is 76.2 Å². The van der Waals surface area contributed by atoms with E-state index >= 15 is 0 Å². The van der Waals surface area contributed by atoms with Gasteiger partial charge in [-0.3, -0.25) is 29.0 Å². The van der Waals surface area contributed by atoms with Gasteiger partial charge in [0.2, 0.25) is 23.6 Å². The molecule has 4 fully saturated rings. The van der Waals surface area contributed by atoms with Gasteiger partial charge in [-0.05, 0) is 60.1 Å². The number of hydrogen-bond donors (Lipinski definition) is 2. The molecule has 62 heavy (non-hydrogen) atoms. The zero-order chi connectivity index (χ0) is 44.5. The lowest BCUT2D eigenvalue weighted by molar-refractivity contribution is -0.138. The molecule has 2 N–H and O–H groups in total. The highest BCUT2D eigenvalue weighted by molar-refractivity contribution is 5.95. The van der Waals surface area contributed by atoms with E-state index in [-0.39, 0.29) is 60.8 Å². The van der Waals surface area contributed by atoms with Crippen LogP contribution in [0.25, 0.3) is 11.1 Å². The van der Waals surface area contributed by atoms with Crippen molar-refractivity contribution in [1.82, 2.24) is 19.6 Å². The van der Waals surface area contributed by atoms with Crippen LogP contribution in [0.1, 0.15) is 66.2 Å². The van der Waals surface area contributed by atoms with E-state index in [0.717, 1.165) is 11.1 Å². The van der Waals surface area contributed by atoms with E-state index in [0.29, 0.717) is 89.4 Å². The zero-order valence-electron chi connectivity index (χ0n) is 37.0. The lowest BCUT2D eigenvalue weighted by Crippen LogP contribution is -2.52. The first kappa shape index (κ1) is 46.3. The highest BCUT2D eigenvalue weighted by Gasteiger charge is 2.41. The minimum absolute atomic E-state index is 0.154. The molecule has 0 aliphatic carbocycles. The molecule has 2 aromatic carbocycles. The van der Waals surface area contributed by atoms with Gasteiger partial charge in [0, 0.05) is 77.3 Å². The summed E-state index contributed by atoms with van der Waals surface area (Å²) in [5, 5.41) is 5.99. The molecule has 16 heteroatoms. The Morgan fingerprint density at radius 3 is 1.23 bits per heavy atom. The molecule has 0 bridgehead atoms. The van der Waals surface area contributed by atoms with E-state index in [1.165, 1.54) is 9.80 Å². The van der Waals surface area contributed by atoms with Gasteiger partial charge in [0.05, 0.1) is 38.3 Å². The average molecular weight is 861 g/mol. The van der Waals surface area contributed by atoms with E-state index in [2.05, 4.69) is 10.6 Å². The van der Waals surface area contributed by atoms with Gasteiger partial charge in [-0.15, -0.1) is 0 Å². The second kappa shape index (κ2) is 21.2. The Morgan fingerprint density at radius 1 is 0.565 bits per heavy atom. The van der Waals surface area contributed by atoms with Gasteiger partial charge in [-0.1, -0.05) is 52.0 Å². The number of amides is 6. The number of likely N-dealkylation sites (N-methyl/N-ethyl adjacent to an activating group) is 2. The number of carbonyl (C=O) groups is 6. The number of anilines is 2. The third-order valence-corrected chi connectivity index (χ3v) is 12.4. The van der Waals surface area contributed by atoms with Crippen molar-refractivity contribution in [2.75, 3.05) is 77.3 Å². The quantitative estimate of drug-likeness (QED) is 0.263. The lowest BCUT2D eigenvalue weighted by Gasteiger charge is -2.34.